The lowest BCUT2D eigenvalue weighted by molar-refractivity contribution is -0.895. The number of benzene rings is 2. The van der Waals surface area contributed by atoms with Crippen LogP contribution < -0.4 is 10.2 Å². The zero-order valence-corrected chi connectivity index (χ0v) is 18.5. The van der Waals surface area contributed by atoms with Crippen LogP contribution >= 0.6 is 0 Å². The van der Waals surface area contributed by atoms with E-state index in [4.69, 9.17) is 0 Å². The molecule has 1 fully saturated rings. The lowest BCUT2D eigenvalue weighted by atomic mass is 10.1. The Morgan fingerprint density at radius 1 is 1.03 bits per heavy atom. The smallest absolute Gasteiger partial charge is 0.279 e. The van der Waals surface area contributed by atoms with Gasteiger partial charge in [-0.15, -0.1) is 0 Å². The lowest BCUT2D eigenvalue weighted by Crippen LogP contribution is -3.15. The standard InChI is InChI=1S/C23H29N3O3S/c1-17-6-7-18(2)22(14-17)24-23(27)16-25-10-12-26(13-11-25)30(28,29)21-9-8-19-4-3-5-20(19)15-21/h6-9,14-15H,3-5,10-13,16H2,1-2H3,(H,24,27)/p+1. The maximum Gasteiger partial charge on any atom is 0.279 e. The van der Waals surface area contributed by atoms with Gasteiger partial charge in [-0.3, -0.25) is 4.79 Å². The van der Waals surface area contributed by atoms with Crippen LogP contribution in [0.5, 0.6) is 0 Å². The molecule has 0 spiro atoms. The Morgan fingerprint density at radius 2 is 1.77 bits per heavy atom. The number of amides is 1. The fourth-order valence-electron chi connectivity index (χ4n) is 4.37. The molecule has 0 unspecified atom stereocenters. The zero-order valence-electron chi connectivity index (χ0n) is 17.7. The number of aryl methyl sites for hydroxylation is 4. The van der Waals surface area contributed by atoms with Crippen LogP contribution in [0.2, 0.25) is 0 Å². The van der Waals surface area contributed by atoms with E-state index in [1.165, 1.54) is 11.1 Å². The number of rotatable bonds is 5. The third kappa shape index (κ3) is 4.43. The van der Waals surface area contributed by atoms with Gasteiger partial charge in [0.1, 0.15) is 0 Å². The second kappa shape index (κ2) is 8.49. The summed E-state index contributed by atoms with van der Waals surface area (Å²) in [5.41, 5.74) is 5.43. The summed E-state index contributed by atoms with van der Waals surface area (Å²) in [7, 11) is -3.47. The van der Waals surface area contributed by atoms with Crippen molar-refractivity contribution in [2.75, 3.05) is 38.0 Å². The van der Waals surface area contributed by atoms with Gasteiger partial charge in [0.25, 0.3) is 5.91 Å². The van der Waals surface area contributed by atoms with Crippen LogP contribution in [0.3, 0.4) is 0 Å². The molecule has 0 bridgehead atoms. The number of hydrogen-bond donors (Lipinski definition) is 2. The average molecular weight is 429 g/mol. The monoisotopic (exact) mass is 428 g/mol. The fourth-order valence-corrected chi connectivity index (χ4v) is 5.86. The normalized spacial score (nSPS) is 17.7. The molecule has 6 nitrogen and oxygen atoms in total. The van der Waals surface area contributed by atoms with Crippen LogP contribution in [-0.4, -0.2) is 51.4 Å². The van der Waals surface area contributed by atoms with Gasteiger partial charge in [-0.05, 0) is 73.6 Å². The SMILES string of the molecule is Cc1ccc(C)c(NC(=O)C[NH+]2CCN(S(=O)(=O)c3ccc4c(c3)CCC4)CC2)c1. The molecule has 0 saturated carbocycles. The van der Waals surface area contributed by atoms with E-state index in [1.54, 1.807) is 10.4 Å². The van der Waals surface area contributed by atoms with Crippen LogP contribution in [-0.2, 0) is 27.7 Å². The molecule has 0 radical (unpaired) electrons. The van der Waals surface area contributed by atoms with Crippen molar-refractivity contribution >= 4 is 21.6 Å². The van der Waals surface area contributed by atoms with Crippen LogP contribution in [0.4, 0.5) is 5.69 Å². The number of anilines is 1. The van der Waals surface area contributed by atoms with Crippen molar-refractivity contribution in [3.05, 3.63) is 58.7 Å². The molecule has 0 aromatic heterocycles. The van der Waals surface area contributed by atoms with Gasteiger partial charge in [0.05, 0.1) is 31.1 Å². The second-order valence-electron chi connectivity index (χ2n) is 8.48. The highest BCUT2D eigenvalue weighted by Gasteiger charge is 2.31. The average Bonchev–Trinajstić information content (AvgIpc) is 3.19. The number of nitrogens with zero attached hydrogens (tertiary/aromatic N) is 1. The summed E-state index contributed by atoms with van der Waals surface area (Å²) in [4.78, 5) is 14.0. The van der Waals surface area contributed by atoms with Gasteiger partial charge < -0.3 is 10.2 Å². The predicted octanol–water partition coefficient (Wildman–Crippen LogP) is 1.32. The number of quaternary nitrogens is 1. The summed E-state index contributed by atoms with van der Waals surface area (Å²) in [6, 6.07) is 11.6. The summed E-state index contributed by atoms with van der Waals surface area (Å²) in [5, 5.41) is 3.00. The van der Waals surface area contributed by atoms with Gasteiger partial charge in [-0.1, -0.05) is 18.2 Å². The molecule has 2 aromatic carbocycles. The fraction of sp³-hybridized carbons (Fsp3) is 0.435. The minimum atomic E-state index is -3.47. The summed E-state index contributed by atoms with van der Waals surface area (Å²) in [5.74, 6) is -0.0337. The molecule has 2 N–H and O–H groups in total. The highest BCUT2D eigenvalue weighted by molar-refractivity contribution is 7.89. The van der Waals surface area contributed by atoms with Crippen LogP contribution in [0.25, 0.3) is 0 Å². The minimum absolute atomic E-state index is 0.0337. The Balaban J connectivity index is 1.34. The van der Waals surface area contributed by atoms with Gasteiger partial charge in [0.2, 0.25) is 10.0 Å². The predicted molar refractivity (Wildman–Crippen MR) is 117 cm³/mol. The molecular formula is C23H30N3O3S+. The molecule has 0 atom stereocenters. The van der Waals surface area contributed by atoms with E-state index in [0.29, 0.717) is 37.6 Å². The number of hydrogen-bond acceptors (Lipinski definition) is 3. The molecule has 1 aliphatic carbocycles. The number of piperazine rings is 1. The number of sulfonamides is 1. The minimum Gasteiger partial charge on any atom is -0.325 e. The quantitative estimate of drug-likeness (QED) is 0.755. The number of nitrogens with one attached hydrogen (secondary N) is 2. The third-order valence-electron chi connectivity index (χ3n) is 6.21. The molecule has 1 amide bonds. The number of fused-ring (bicyclic) bond motifs is 1. The van der Waals surface area contributed by atoms with Crippen molar-refractivity contribution in [3.63, 3.8) is 0 Å². The molecule has 2 aliphatic rings. The zero-order chi connectivity index (χ0) is 21.3. The van der Waals surface area contributed by atoms with E-state index in [0.717, 1.165) is 41.0 Å². The summed E-state index contributed by atoms with van der Waals surface area (Å²) in [6.45, 7) is 6.46. The first-order chi connectivity index (χ1) is 14.3. The van der Waals surface area contributed by atoms with E-state index in [9.17, 15) is 13.2 Å². The Labute approximate surface area is 178 Å². The van der Waals surface area contributed by atoms with Crippen molar-refractivity contribution in [3.8, 4) is 0 Å². The Hall–Kier alpha value is -2.22. The van der Waals surface area contributed by atoms with Gasteiger partial charge in [-0.2, -0.15) is 4.31 Å². The molecule has 7 heteroatoms. The Morgan fingerprint density at radius 3 is 2.53 bits per heavy atom. The van der Waals surface area contributed by atoms with Crippen molar-refractivity contribution in [1.29, 1.82) is 0 Å². The van der Waals surface area contributed by atoms with Crippen LogP contribution in [0, 0.1) is 13.8 Å². The molecule has 1 heterocycles. The maximum absolute atomic E-state index is 13.1. The van der Waals surface area contributed by atoms with E-state index < -0.39 is 10.0 Å². The highest BCUT2D eigenvalue weighted by Crippen LogP contribution is 2.26. The van der Waals surface area contributed by atoms with Crippen LogP contribution in [0.15, 0.2) is 41.3 Å². The third-order valence-corrected chi connectivity index (χ3v) is 8.11. The van der Waals surface area contributed by atoms with E-state index >= 15 is 0 Å². The maximum atomic E-state index is 13.1. The summed E-state index contributed by atoms with van der Waals surface area (Å²) in [6.07, 6.45) is 3.11. The summed E-state index contributed by atoms with van der Waals surface area (Å²) >= 11 is 0. The highest BCUT2D eigenvalue weighted by atomic mass is 32.2. The van der Waals surface area contributed by atoms with Crippen molar-refractivity contribution in [1.82, 2.24) is 4.31 Å². The van der Waals surface area contributed by atoms with E-state index in [-0.39, 0.29) is 5.91 Å². The van der Waals surface area contributed by atoms with Gasteiger partial charge in [-0.25, -0.2) is 8.42 Å². The van der Waals surface area contributed by atoms with Gasteiger partial charge in [0.15, 0.2) is 6.54 Å². The van der Waals surface area contributed by atoms with E-state index in [1.807, 2.05) is 44.2 Å². The van der Waals surface area contributed by atoms with Gasteiger partial charge in [0, 0.05) is 5.69 Å². The molecule has 2 aromatic rings. The first kappa shape index (κ1) is 21.0. The van der Waals surface area contributed by atoms with Crippen LogP contribution in [0.1, 0.15) is 28.7 Å². The largest absolute Gasteiger partial charge is 0.325 e. The second-order valence-corrected chi connectivity index (χ2v) is 10.4. The molecular weight excluding hydrogens is 398 g/mol. The van der Waals surface area contributed by atoms with Crippen molar-refractivity contribution in [2.45, 2.75) is 38.0 Å². The molecule has 1 aliphatic heterocycles. The first-order valence-corrected chi connectivity index (χ1v) is 12.1. The lowest BCUT2D eigenvalue weighted by Gasteiger charge is -2.31. The Bertz CT molecular complexity index is 1060. The van der Waals surface area contributed by atoms with Crippen molar-refractivity contribution < 1.29 is 18.1 Å². The van der Waals surface area contributed by atoms with Crippen molar-refractivity contribution in [2.24, 2.45) is 0 Å². The summed E-state index contributed by atoms with van der Waals surface area (Å²) < 4.78 is 27.7. The number of carbonyl (C=O) groups excluding carboxylic acids is 1. The Kier molecular flexibility index (Phi) is 5.95. The number of carbonyl (C=O) groups is 1. The molecule has 1 saturated heterocycles. The first-order valence-electron chi connectivity index (χ1n) is 10.7. The van der Waals surface area contributed by atoms with Gasteiger partial charge >= 0.3 is 0 Å². The van der Waals surface area contributed by atoms with E-state index in [2.05, 4.69) is 5.32 Å². The topological polar surface area (TPSA) is 70.9 Å². The molecule has 30 heavy (non-hydrogen) atoms. The molecule has 160 valence electrons. The molecule has 4 rings (SSSR count).